The van der Waals surface area contributed by atoms with Gasteiger partial charge in [0.1, 0.15) is 4.90 Å². The normalized spacial score (nSPS) is 11.8. The first kappa shape index (κ1) is 14.7. The zero-order chi connectivity index (χ0) is 13.9. The smallest absolute Gasteiger partial charge is 0.246 e. The molecule has 1 rings (SSSR count). The van der Waals surface area contributed by atoms with E-state index in [0.29, 0.717) is 0 Å². The van der Waals surface area contributed by atoms with Gasteiger partial charge in [-0.25, -0.2) is 8.42 Å². The zero-order valence-corrected chi connectivity index (χ0v) is 11.8. The molecule has 0 aliphatic carbocycles. The molecule has 0 spiro atoms. The first-order valence-corrected chi connectivity index (χ1v) is 6.92. The molecular weight excluding hydrogens is 256 g/mol. The Morgan fingerprint density at radius 1 is 1.44 bits per heavy atom. The Hall–Kier alpha value is -1.41. The summed E-state index contributed by atoms with van der Waals surface area (Å²) < 4.78 is 27.0. The summed E-state index contributed by atoms with van der Waals surface area (Å²) in [7, 11) is 1.16. The van der Waals surface area contributed by atoms with Gasteiger partial charge in [-0.15, -0.1) is 0 Å². The molecule has 0 aromatic carbocycles. The number of amides is 1. The quantitative estimate of drug-likeness (QED) is 0.726. The van der Waals surface area contributed by atoms with E-state index < -0.39 is 10.0 Å². The van der Waals surface area contributed by atoms with Crippen LogP contribution in [0.1, 0.15) is 6.92 Å². The minimum atomic E-state index is -3.66. The topological polar surface area (TPSA) is 75.5 Å². The van der Waals surface area contributed by atoms with Gasteiger partial charge in [-0.1, -0.05) is 6.92 Å². The van der Waals surface area contributed by atoms with Gasteiger partial charge in [0.2, 0.25) is 15.9 Å². The van der Waals surface area contributed by atoms with Crippen LogP contribution in [0.5, 0.6) is 0 Å². The summed E-state index contributed by atoms with van der Waals surface area (Å²) in [5.41, 5.74) is 0. The molecule has 0 radical (unpaired) electrons. The van der Waals surface area contributed by atoms with Crippen LogP contribution in [0.4, 0.5) is 0 Å². The molecule has 102 valence electrons. The molecule has 18 heavy (non-hydrogen) atoms. The van der Waals surface area contributed by atoms with Gasteiger partial charge in [0.05, 0.1) is 12.7 Å². The highest BCUT2D eigenvalue weighted by atomic mass is 32.2. The number of hydrogen-bond donors (Lipinski definition) is 0. The second-order valence-corrected chi connectivity index (χ2v) is 6.01. The highest BCUT2D eigenvalue weighted by Gasteiger charge is 2.26. The molecule has 8 heteroatoms. The third-order valence-corrected chi connectivity index (χ3v) is 4.36. The van der Waals surface area contributed by atoms with Gasteiger partial charge < -0.3 is 4.90 Å². The maximum atomic E-state index is 12.2. The number of likely N-dealkylation sites (N-methyl/N-ethyl adjacent to an activating group) is 2. The fourth-order valence-corrected chi connectivity index (χ4v) is 2.72. The van der Waals surface area contributed by atoms with E-state index in [-0.39, 0.29) is 23.9 Å². The average molecular weight is 274 g/mol. The Balaban J connectivity index is 2.98. The van der Waals surface area contributed by atoms with E-state index in [1.807, 2.05) is 0 Å². The van der Waals surface area contributed by atoms with Crippen molar-refractivity contribution in [2.45, 2.75) is 11.8 Å². The van der Waals surface area contributed by atoms with Crippen molar-refractivity contribution in [3.63, 3.8) is 0 Å². The van der Waals surface area contributed by atoms with Crippen molar-refractivity contribution < 1.29 is 13.2 Å². The van der Waals surface area contributed by atoms with E-state index in [1.54, 1.807) is 28.1 Å². The molecule has 1 aromatic rings. The monoisotopic (exact) mass is 274 g/mol. The molecule has 0 atom stereocenters. The molecule has 0 saturated heterocycles. The molecule has 7 nitrogen and oxygen atoms in total. The third kappa shape index (κ3) is 3.08. The molecule has 0 bridgehead atoms. The molecule has 1 aromatic heterocycles. The summed E-state index contributed by atoms with van der Waals surface area (Å²) in [5.74, 6) is -0.260. The summed E-state index contributed by atoms with van der Waals surface area (Å²) in [6, 6.07) is 0. The zero-order valence-electron chi connectivity index (χ0n) is 11.0. The summed E-state index contributed by atoms with van der Waals surface area (Å²) >= 11 is 0. The Labute approximate surface area is 107 Å². The van der Waals surface area contributed by atoms with E-state index in [1.165, 1.54) is 22.0 Å². The number of aryl methyl sites for hydroxylation is 1. The van der Waals surface area contributed by atoms with Crippen molar-refractivity contribution in [3.05, 3.63) is 12.4 Å². The van der Waals surface area contributed by atoms with Crippen LogP contribution in [0.3, 0.4) is 0 Å². The number of rotatable bonds is 5. The lowest BCUT2D eigenvalue weighted by atomic mass is 10.5. The standard InChI is InChI=1S/C10H18N4O3S/c1-5-14(8-10(15)12(2)3)18(16,17)9-6-11-13(4)7-9/h6-7H,5,8H2,1-4H3. The van der Waals surface area contributed by atoms with Crippen molar-refractivity contribution in [2.24, 2.45) is 7.05 Å². The van der Waals surface area contributed by atoms with Gasteiger partial charge in [0.15, 0.2) is 0 Å². The molecule has 0 aliphatic rings. The lowest BCUT2D eigenvalue weighted by Crippen LogP contribution is -2.40. The Morgan fingerprint density at radius 3 is 2.44 bits per heavy atom. The summed E-state index contributed by atoms with van der Waals surface area (Å²) in [4.78, 5) is 13.1. The Kier molecular flexibility index (Phi) is 4.47. The highest BCUT2D eigenvalue weighted by Crippen LogP contribution is 2.14. The minimum Gasteiger partial charge on any atom is -0.348 e. The predicted molar refractivity (Wildman–Crippen MR) is 66.3 cm³/mol. The van der Waals surface area contributed by atoms with Crippen molar-refractivity contribution in [3.8, 4) is 0 Å². The van der Waals surface area contributed by atoms with Gasteiger partial charge >= 0.3 is 0 Å². The SMILES string of the molecule is CCN(CC(=O)N(C)C)S(=O)(=O)c1cnn(C)c1. The second-order valence-electron chi connectivity index (χ2n) is 4.07. The number of aromatic nitrogens is 2. The van der Waals surface area contributed by atoms with Crippen LogP contribution in [0.2, 0.25) is 0 Å². The fraction of sp³-hybridized carbons (Fsp3) is 0.600. The van der Waals surface area contributed by atoms with Gasteiger partial charge in [-0.2, -0.15) is 9.40 Å². The van der Waals surface area contributed by atoms with Crippen molar-refractivity contribution in [2.75, 3.05) is 27.2 Å². The average Bonchev–Trinajstić information content (AvgIpc) is 2.72. The predicted octanol–water partition coefficient (Wildman–Crippen LogP) is -0.481. The summed E-state index contributed by atoms with van der Waals surface area (Å²) in [6.45, 7) is 1.76. The molecular formula is C10H18N4O3S. The summed E-state index contributed by atoms with van der Waals surface area (Å²) in [5, 5.41) is 3.83. The molecule has 0 fully saturated rings. The molecule has 0 unspecified atom stereocenters. The second kappa shape index (κ2) is 5.49. The van der Waals surface area contributed by atoms with E-state index in [4.69, 9.17) is 0 Å². The van der Waals surface area contributed by atoms with Crippen LogP contribution in [-0.2, 0) is 21.9 Å². The van der Waals surface area contributed by atoms with Crippen molar-refractivity contribution in [1.82, 2.24) is 19.0 Å². The maximum absolute atomic E-state index is 12.2. The summed E-state index contributed by atoms with van der Waals surface area (Å²) in [6.07, 6.45) is 2.69. The van der Waals surface area contributed by atoms with E-state index in [9.17, 15) is 13.2 Å². The fourth-order valence-electron chi connectivity index (χ4n) is 1.34. The lowest BCUT2D eigenvalue weighted by molar-refractivity contribution is -0.128. The molecule has 1 amide bonds. The molecule has 0 saturated carbocycles. The third-order valence-electron chi connectivity index (χ3n) is 2.48. The number of sulfonamides is 1. The van der Waals surface area contributed by atoms with Crippen LogP contribution < -0.4 is 0 Å². The Bertz CT molecular complexity index is 521. The van der Waals surface area contributed by atoms with Crippen molar-refractivity contribution in [1.29, 1.82) is 0 Å². The van der Waals surface area contributed by atoms with Gasteiger partial charge in [0, 0.05) is 33.9 Å². The Morgan fingerprint density at radius 2 is 2.06 bits per heavy atom. The minimum absolute atomic E-state index is 0.0957. The van der Waals surface area contributed by atoms with E-state index in [2.05, 4.69) is 5.10 Å². The largest absolute Gasteiger partial charge is 0.348 e. The maximum Gasteiger partial charge on any atom is 0.246 e. The van der Waals surface area contributed by atoms with Crippen LogP contribution in [-0.4, -0.2) is 60.5 Å². The van der Waals surface area contributed by atoms with Crippen LogP contribution in [0.25, 0.3) is 0 Å². The first-order chi connectivity index (χ1) is 8.28. The van der Waals surface area contributed by atoms with Gasteiger partial charge in [0.25, 0.3) is 0 Å². The number of hydrogen-bond acceptors (Lipinski definition) is 4. The van der Waals surface area contributed by atoms with Crippen molar-refractivity contribution >= 4 is 15.9 Å². The lowest BCUT2D eigenvalue weighted by Gasteiger charge is -2.20. The number of nitrogens with zero attached hydrogens (tertiary/aromatic N) is 4. The van der Waals surface area contributed by atoms with E-state index in [0.717, 1.165) is 4.31 Å². The number of carbonyl (C=O) groups is 1. The van der Waals surface area contributed by atoms with Gasteiger partial charge in [-0.3, -0.25) is 9.48 Å². The molecule has 1 heterocycles. The molecule has 0 aliphatic heterocycles. The van der Waals surface area contributed by atoms with Gasteiger partial charge in [-0.05, 0) is 0 Å². The number of carbonyl (C=O) groups excluding carboxylic acids is 1. The van der Waals surface area contributed by atoms with E-state index >= 15 is 0 Å². The van der Waals surface area contributed by atoms with Crippen LogP contribution >= 0.6 is 0 Å². The van der Waals surface area contributed by atoms with Crippen LogP contribution in [0.15, 0.2) is 17.3 Å². The highest BCUT2D eigenvalue weighted by molar-refractivity contribution is 7.89. The van der Waals surface area contributed by atoms with Crippen LogP contribution in [0, 0.1) is 0 Å². The molecule has 0 N–H and O–H groups in total. The first-order valence-electron chi connectivity index (χ1n) is 5.48.